The molecule has 0 saturated carbocycles. The number of nitrogens with one attached hydrogen (secondary N) is 1. The Hall–Kier alpha value is -2.27. The van der Waals surface area contributed by atoms with Crippen LogP contribution in [-0.2, 0) is 35.5 Å². The monoisotopic (exact) mass is 570 g/mol. The van der Waals surface area contributed by atoms with Gasteiger partial charge in [-0.15, -0.1) is 0 Å². The third kappa shape index (κ3) is 10.1. The Labute approximate surface area is 231 Å². The smallest absolute Gasteiger partial charge is 0.410 e. The fraction of sp³-hybridized carbons (Fsp3) is 0.667. The Kier molecular flexibility index (Phi) is 11.9. The second-order valence-electron chi connectivity index (χ2n) is 10.9. The van der Waals surface area contributed by atoms with Gasteiger partial charge in [-0.2, -0.15) is 11.8 Å². The number of nitrogens with zero attached hydrogens (tertiary/aromatic N) is 1. The van der Waals surface area contributed by atoms with E-state index in [-0.39, 0.29) is 18.9 Å². The molecule has 0 spiro atoms. The second kappa shape index (κ2) is 14.2. The summed E-state index contributed by atoms with van der Waals surface area (Å²) in [6.45, 7) is 9.01. The topological polar surface area (TPSA) is 119 Å². The van der Waals surface area contributed by atoms with Crippen molar-refractivity contribution in [3.05, 3.63) is 35.9 Å². The van der Waals surface area contributed by atoms with E-state index in [1.807, 2.05) is 36.6 Å². The van der Waals surface area contributed by atoms with Crippen molar-refractivity contribution < 1.29 is 32.3 Å². The van der Waals surface area contributed by atoms with E-state index in [0.717, 1.165) is 5.56 Å². The number of piperidine rings is 1. The molecule has 0 aliphatic carbocycles. The molecule has 1 aromatic rings. The van der Waals surface area contributed by atoms with Gasteiger partial charge >= 0.3 is 12.1 Å². The number of thioether (sulfide) groups is 1. The first-order valence-electron chi connectivity index (χ1n) is 12.9. The van der Waals surface area contributed by atoms with E-state index in [0.29, 0.717) is 25.1 Å². The lowest BCUT2D eigenvalue weighted by atomic mass is 9.92. The Balaban J connectivity index is 2.17. The molecule has 1 aromatic carbocycles. The zero-order valence-corrected chi connectivity index (χ0v) is 24.9. The van der Waals surface area contributed by atoms with Crippen LogP contribution >= 0.6 is 11.8 Å². The highest BCUT2D eigenvalue weighted by atomic mass is 32.2. The zero-order valence-electron chi connectivity index (χ0n) is 23.3. The maximum atomic E-state index is 13.3. The molecule has 1 heterocycles. The molecule has 214 valence electrons. The van der Waals surface area contributed by atoms with Crippen molar-refractivity contribution in [3.8, 4) is 0 Å². The molecule has 1 saturated heterocycles. The number of hydrogen-bond donors (Lipinski definition) is 1. The van der Waals surface area contributed by atoms with Crippen LogP contribution in [0.3, 0.4) is 0 Å². The van der Waals surface area contributed by atoms with Gasteiger partial charge in [0.25, 0.3) is 0 Å². The predicted octanol–water partition coefficient (Wildman–Crippen LogP) is 3.66. The molecule has 1 N–H and O–H groups in total. The van der Waals surface area contributed by atoms with Crippen LogP contribution in [0.1, 0.15) is 53.0 Å². The van der Waals surface area contributed by atoms with E-state index in [1.165, 1.54) is 16.7 Å². The third-order valence-electron chi connectivity index (χ3n) is 6.31. The molecule has 11 heteroatoms. The van der Waals surface area contributed by atoms with Crippen LogP contribution in [0.5, 0.6) is 0 Å². The summed E-state index contributed by atoms with van der Waals surface area (Å²) < 4.78 is 36.6. The van der Waals surface area contributed by atoms with E-state index < -0.39 is 56.5 Å². The highest BCUT2D eigenvalue weighted by Crippen LogP contribution is 2.24. The van der Waals surface area contributed by atoms with Crippen LogP contribution in [0.2, 0.25) is 0 Å². The summed E-state index contributed by atoms with van der Waals surface area (Å²) in [7, 11) is -3.47. The highest BCUT2D eigenvalue weighted by Gasteiger charge is 2.39. The number of carbonyl (C=O) groups excluding carboxylic acids is 3. The number of esters is 1. The van der Waals surface area contributed by atoms with Gasteiger partial charge in [0.05, 0.1) is 11.0 Å². The predicted molar refractivity (Wildman–Crippen MR) is 149 cm³/mol. The Bertz CT molecular complexity index is 1040. The molecule has 1 unspecified atom stereocenters. The molecule has 0 bridgehead atoms. The standard InChI is InChI=1S/C27H42N2O7S2/c1-19(2)38(33,34)18-21-16-29(26(32)36-27(3,4)5)14-12-23(21)28-24(30)22(13-15-37-6)25(31)35-17-20-10-8-7-9-11-20/h7-11,19,21-23H,12-18H2,1-6H3,(H,28,30)/t21-,22?,23-/m0/s1. The van der Waals surface area contributed by atoms with E-state index in [1.54, 1.807) is 34.6 Å². The molecule has 2 amide bonds. The number of benzene rings is 1. The lowest BCUT2D eigenvalue weighted by molar-refractivity contribution is -0.154. The molecule has 1 aliphatic rings. The normalized spacial score (nSPS) is 19.1. The molecule has 1 fully saturated rings. The average molecular weight is 571 g/mol. The fourth-order valence-corrected chi connectivity index (χ4v) is 5.87. The number of hydrogen-bond acceptors (Lipinski definition) is 8. The Morgan fingerprint density at radius 1 is 1.16 bits per heavy atom. The van der Waals surface area contributed by atoms with Crippen LogP contribution in [0, 0.1) is 11.8 Å². The molecular weight excluding hydrogens is 528 g/mol. The SMILES string of the molecule is CSCCC(C(=O)N[C@H]1CCN(C(=O)OC(C)(C)C)C[C@H]1CS(=O)(=O)C(C)C)C(=O)OCc1ccccc1. The molecule has 0 radical (unpaired) electrons. The summed E-state index contributed by atoms with van der Waals surface area (Å²) in [4.78, 5) is 40.5. The van der Waals surface area contributed by atoms with E-state index in [4.69, 9.17) is 9.47 Å². The first-order chi connectivity index (χ1) is 17.7. The van der Waals surface area contributed by atoms with Gasteiger partial charge < -0.3 is 19.7 Å². The average Bonchev–Trinajstić information content (AvgIpc) is 2.83. The molecule has 2 rings (SSSR count). The van der Waals surface area contributed by atoms with Crippen LogP contribution < -0.4 is 5.32 Å². The Morgan fingerprint density at radius 2 is 1.82 bits per heavy atom. The molecule has 1 aliphatic heterocycles. The van der Waals surface area contributed by atoms with E-state index in [9.17, 15) is 22.8 Å². The minimum Gasteiger partial charge on any atom is -0.460 e. The number of sulfone groups is 1. The maximum Gasteiger partial charge on any atom is 0.410 e. The lowest BCUT2D eigenvalue weighted by Crippen LogP contribution is -2.56. The minimum absolute atomic E-state index is 0.0618. The summed E-state index contributed by atoms with van der Waals surface area (Å²) in [6.07, 6.45) is 2.02. The van der Waals surface area contributed by atoms with E-state index >= 15 is 0 Å². The quantitative estimate of drug-likeness (QED) is 0.316. The lowest BCUT2D eigenvalue weighted by Gasteiger charge is -2.39. The first kappa shape index (κ1) is 31.9. The van der Waals surface area contributed by atoms with Gasteiger partial charge in [0, 0.05) is 25.0 Å². The van der Waals surface area contributed by atoms with Crippen LogP contribution in [-0.4, -0.2) is 79.0 Å². The highest BCUT2D eigenvalue weighted by molar-refractivity contribution is 7.98. The van der Waals surface area contributed by atoms with Crippen molar-refractivity contribution >= 4 is 39.6 Å². The van der Waals surface area contributed by atoms with Gasteiger partial charge in [-0.05, 0) is 65.0 Å². The molecule has 3 atom stereocenters. The van der Waals surface area contributed by atoms with Crippen molar-refractivity contribution in [3.63, 3.8) is 0 Å². The van der Waals surface area contributed by atoms with Gasteiger partial charge in [0.1, 0.15) is 18.1 Å². The van der Waals surface area contributed by atoms with Gasteiger partial charge in [0.15, 0.2) is 9.84 Å². The third-order valence-corrected chi connectivity index (χ3v) is 9.29. The first-order valence-corrected chi connectivity index (χ1v) is 16.0. The second-order valence-corrected chi connectivity index (χ2v) is 14.5. The van der Waals surface area contributed by atoms with Gasteiger partial charge in [-0.25, -0.2) is 13.2 Å². The number of likely N-dealkylation sites (tertiary alicyclic amines) is 1. The van der Waals surface area contributed by atoms with Gasteiger partial charge in [-0.1, -0.05) is 30.3 Å². The molecule has 0 aromatic heterocycles. The van der Waals surface area contributed by atoms with Gasteiger partial charge in [0.2, 0.25) is 5.91 Å². The number of amides is 2. The summed E-state index contributed by atoms with van der Waals surface area (Å²) >= 11 is 1.52. The van der Waals surface area contributed by atoms with Crippen molar-refractivity contribution in [1.29, 1.82) is 0 Å². The number of carbonyl (C=O) groups is 3. The van der Waals surface area contributed by atoms with Crippen molar-refractivity contribution in [2.75, 3.05) is 30.9 Å². The van der Waals surface area contributed by atoms with Crippen LogP contribution in [0.15, 0.2) is 30.3 Å². The van der Waals surface area contributed by atoms with Crippen molar-refractivity contribution in [1.82, 2.24) is 10.2 Å². The number of rotatable bonds is 11. The summed E-state index contributed by atoms with van der Waals surface area (Å²) in [6, 6.07) is 8.70. The number of ether oxygens (including phenoxy) is 2. The molecule has 9 nitrogen and oxygen atoms in total. The summed E-state index contributed by atoms with van der Waals surface area (Å²) in [5.41, 5.74) is 0.130. The van der Waals surface area contributed by atoms with Crippen molar-refractivity contribution in [2.24, 2.45) is 11.8 Å². The Morgan fingerprint density at radius 3 is 2.39 bits per heavy atom. The zero-order chi connectivity index (χ0) is 28.5. The van der Waals surface area contributed by atoms with Crippen LogP contribution in [0.4, 0.5) is 4.79 Å². The molecule has 38 heavy (non-hydrogen) atoms. The van der Waals surface area contributed by atoms with Crippen molar-refractivity contribution in [2.45, 2.75) is 71.0 Å². The molecular formula is C27H42N2O7S2. The van der Waals surface area contributed by atoms with Gasteiger partial charge in [-0.3, -0.25) is 9.59 Å². The maximum absolute atomic E-state index is 13.3. The minimum atomic E-state index is -3.47. The fourth-order valence-electron chi connectivity index (χ4n) is 4.08. The largest absolute Gasteiger partial charge is 0.460 e. The van der Waals surface area contributed by atoms with Crippen LogP contribution in [0.25, 0.3) is 0 Å². The summed E-state index contributed by atoms with van der Waals surface area (Å²) in [5, 5.41) is 2.34. The van der Waals surface area contributed by atoms with E-state index in [2.05, 4.69) is 5.32 Å². The summed E-state index contributed by atoms with van der Waals surface area (Å²) in [5.74, 6) is -2.27.